The van der Waals surface area contributed by atoms with Crippen LogP contribution < -0.4 is 5.43 Å². The molecule has 1 aliphatic heterocycles. The number of nitrogens with zero attached hydrogens (tertiary/aromatic N) is 3. The number of aromatic nitrogens is 1. The number of hydrogen-bond acceptors (Lipinski definition) is 5. The number of hydrogen-bond donors (Lipinski definition) is 0. The minimum absolute atomic E-state index is 0.0431. The number of amides is 1. The van der Waals surface area contributed by atoms with Crippen LogP contribution >= 0.6 is 11.8 Å². The van der Waals surface area contributed by atoms with Gasteiger partial charge in [0, 0.05) is 75.5 Å². The number of carbonyl (C=O) groups is 1. The van der Waals surface area contributed by atoms with Crippen LogP contribution in [0.15, 0.2) is 101 Å². The minimum atomic E-state index is -4.80. The first-order chi connectivity index (χ1) is 33.9. The summed E-state index contributed by atoms with van der Waals surface area (Å²) in [5.74, 6) is -5.61. The standard InChI is InChI=1S/C41H40F5N3O3S/c1-27-6-15-34-36(22-27)49(39(23-37(34)50)53-26-31-4-3-5-35(42)40(31)43)25-38(51)48(33-16-18-47(19-17-33)20-21-52-2)24-28-7-9-29(10-8-28)30-11-13-32(14-12-30)41(44,45)46/h3-15,22-23,33H,16-21,24-26H2,1-2H3/i2D3,6D,15D,16D2,17D2,18D2,19D2,20D2,21D2,22D,23D,24D2,33D. The molecule has 2 heterocycles. The van der Waals surface area contributed by atoms with Crippen molar-refractivity contribution in [3.63, 3.8) is 0 Å². The van der Waals surface area contributed by atoms with E-state index >= 15 is 9.18 Å². The molecule has 278 valence electrons. The van der Waals surface area contributed by atoms with Gasteiger partial charge in [0.2, 0.25) is 5.91 Å². The molecule has 53 heavy (non-hydrogen) atoms. The lowest BCUT2D eigenvalue weighted by atomic mass is 10.00. The number of piperidine rings is 1. The molecule has 0 saturated carbocycles. The third-order valence-electron chi connectivity index (χ3n) is 7.49. The summed E-state index contributed by atoms with van der Waals surface area (Å²) in [6.07, 6.45) is -14.3. The molecule has 0 aliphatic carbocycles. The average Bonchev–Trinajstić information content (AvgIpc) is 3.27. The maximum absolute atomic E-state index is 15.6. The molecule has 0 atom stereocenters. The Labute approximate surface area is 340 Å². The second-order valence-electron chi connectivity index (χ2n) is 11.0. The SMILES string of the molecule is [2H]c1c(C)c([2H])c2c(c1[2H])c(=O)c([2H])c(SCc1cccc(F)c1F)n2CC(=O)N(C([2H])([2H])c1ccc(-c2ccc(C(F)(F)F)cc2)cc1)C1([2H])C([2H])([2H])C([2H])([2H])N(C([2H])([2H])C([2H])([2H])OC([2H])([2H])[2H])C([2H])([2H])C1([2H])[2H]. The van der Waals surface area contributed by atoms with Gasteiger partial charge in [-0.1, -0.05) is 54.6 Å². The van der Waals surface area contributed by atoms with Crippen molar-refractivity contribution in [2.75, 3.05) is 33.1 Å². The largest absolute Gasteiger partial charge is 0.416 e. The Balaban J connectivity index is 1.68. The minimum Gasteiger partial charge on any atom is -0.383 e. The Morgan fingerprint density at radius 3 is 2.43 bits per heavy atom. The smallest absolute Gasteiger partial charge is 0.383 e. The summed E-state index contributed by atoms with van der Waals surface area (Å²) in [6.45, 7) is -23.1. The van der Waals surface area contributed by atoms with Crippen LogP contribution in [0.5, 0.6) is 0 Å². The van der Waals surface area contributed by atoms with Gasteiger partial charge in [-0.2, -0.15) is 13.2 Å². The van der Waals surface area contributed by atoms with E-state index in [9.17, 15) is 32.0 Å². The molecule has 1 aromatic heterocycles. The molecule has 5 aromatic rings. The van der Waals surface area contributed by atoms with Crippen molar-refractivity contribution in [3.8, 4) is 11.1 Å². The molecule has 0 spiro atoms. The monoisotopic (exact) mass is 771 g/mol. The van der Waals surface area contributed by atoms with Crippen LogP contribution in [0.1, 0.15) is 65.2 Å². The molecule has 0 radical (unpaired) electrons. The first kappa shape index (κ1) is 19.2. The summed E-state index contributed by atoms with van der Waals surface area (Å²) in [6, 6.07) is 1.56. The summed E-state index contributed by atoms with van der Waals surface area (Å²) in [4.78, 5) is 27.8. The fourth-order valence-electron chi connectivity index (χ4n) is 4.93. The number of rotatable bonds is 12. The molecule has 0 N–H and O–H groups in total. The van der Waals surface area contributed by atoms with E-state index in [-0.39, 0.29) is 16.7 Å². The zero-order valence-electron chi connectivity index (χ0n) is 49.1. The van der Waals surface area contributed by atoms with Crippen molar-refractivity contribution >= 4 is 28.6 Å². The maximum Gasteiger partial charge on any atom is 0.416 e. The first-order valence-electron chi connectivity index (χ1n) is 26.2. The second kappa shape index (κ2) is 16.7. The van der Waals surface area contributed by atoms with Gasteiger partial charge in [-0.15, -0.1) is 11.8 Å². The number of methoxy groups -OCH3 is 1. The fraction of sp³-hybridized carbons (Fsp3) is 0.317. The van der Waals surface area contributed by atoms with Gasteiger partial charge in [0.25, 0.3) is 0 Å². The number of fused-ring (bicyclic) bond motifs is 1. The normalized spacial score (nSPS) is 25.7. The number of ether oxygens (including phenoxy) is 1. The average molecular weight is 772 g/mol. The lowest BCUT2D eigenvalue weighted by molar-refractivity contribution is -0.137. The quantitative estimate of drug-likeness (QED) is 0.0939. The van der Waals surface area contributed by atoms with Crippen LogP contribution in [0.3, 0.4) is 0 Å². The van der Waals surface area contributed by atoms with Gasteiger partial charge in [-0.05, 0) is 72.2 Å². The molecule has 0 unspecified atom stereocenters. The maximum atomic E-state index is 15.6. The van der Waals surface area contributed by atoms with E-state index < -0.39 is 166 Å². The van der Waals surface area contributed by atoms with E-state index in [1.54, 1.807) is 0 Å². The molecule has 6 nitrogen and oxygen atoms in total. The number of carbonyl (C=O) groups excluding carboxylic acids is 1. The molecular formula is C41H40F5N3O3S. The number of likely N-dealkylation sites (tertiary alicyclic amines) is 1. The predicted octanol–water partition coefficient (Wildman–Crippen LogP) is 8.71. The summed E-state index contributed by atoms with van der Waals surface area (Å²) in [5, 5.41) is -1.68. The van der Waals surface area contributed by atoms with E-state index in [1.165, 1.54) is 0 Å². The van der Waals surface area contributed by atoms with Crippen molar-refractivity contribution in [1.29, 1.82) is 0 Å². The third kappa shape index (κ3) is 9.17. The molecular weight excluding hydrogens is 710 g/mol. The highest BCUT2D eigenvalue weighted by molar-refractivity contribution is 7.98. The van der Waals surface area contributed by atoms with Crippen LogP contribution in [-0.2, 0) is 34.5 Å². The van der Waals surface area contributed by atoms with Gasteiger partial charge in [0.15, 0.2) is 17.1 Å². The molecule has 4 aromatic carbocycles. The van der Waals surface area contributed by atoms with Crippen LogP contribution in [0.2, 0.25) is 0 Å². The fourth-order valence-corrected chi connectivity index (χ4v) is 5.92. The highest BCUT2D eigenvalue weighted by Crippen LogP contribution is 2.32. The zero-order valence-corrected chi connectivity index (χ0v) is 27.9. The Morgan fingerprint density at radius 1 is 1.06 bits per heavy atom. The molecule has 1 aliphatic rings. The summed E-state index contributed by atoms with van der Waals surface area (Å²) in [5.41, 5.74) is -4.81. The Hall–Kier alpha value is -4.52. The summed E-state index contributed by atoms with van der Waals surface area (Å²) >= 11 is 0.305. The highest BCUT2D eigenvalue weighted by Gasteiger charge is 2.31. The Kier molecular flexibility index (Phi) is 6.03. The lowest BCUT2D eigenvalue weighted by Gasteiger charge is -2.39. The van der Waals surface area contributed by atoms with Gasteiger partial charge >= 0.3 is 6.18 Å². The predicted molar refractivity (Wildman–Crippen MR) is 198 cm³/mol. The zero-order chi connectivity index (χ0) is 57.2. The number of benzene rings is 4. The number of alkyl halides is 3. The Bertz CT molecular complexity index is 3110. The molecule has 12 heteroatoms. The number of pyridine rings is 1. The molecule has 1 fully saturated rings. The van der Waals surface area contributed by atoms with Crippen molar-refractivity contribution in [2.45, 2.75) is 55.7 Å². The van der Waals surface area contributed by atoms with E-state index in [2.05, 4.69) is 4.74 Å². The van der Waals surface area contributed by atoms with Crippen LogP contribution in [0.4, 0.5) is 22.0 Å². The van der Waals surface area contributed by atoms with Gasteiger partial charge in [-0.3, -0.25) is 9.59 Å². The van der Waals surface area contributed by atoms with E-state index in [4.69, 9.17) is 20.6 Å². The van der Waals surface area contributed by atoms with Gasteiger partial charge in [0.1, 0.15) is 6.54 Å². The lowest BCUT2D eigenvalue weighted by Crippen LogP contribution is -2.48. The van der Waals surface area contributed by atoms with Gasteiger partial charge in [-0.25, -0.2) is 8.78 Å². The topological polar surface area (TPSA) is 54.8 Å². The van der Waals surface area contributed by atoms with E-state index in [0.717, 1.165) is 61.5 Å². The molecule has 1 amide bonds. The van der Waals surface area contributed by atoms with Gasteiger partial charge < -0.3 is 19.1 Å². The third-order valence-corrected chi connectivity index (χ3v) is 8.55. The van der Waals surface area contributed by atoms with Gasteiger partial charge in [0.05, 0.1) is 39.1 Å². The van der Waals surface area contributed by atoms with Crippen LogP contribution in [0, 0.1) is 18.6 Å². The molecule has 1 saturated heterocycles. The highest BCUT2D eigenvalue weighted by atomic mass is 32.2. The van der Waals surface area contributed by atoms with Crippen molar-refractivity contribution < 1.29 is 61.6 Å². The van der Waals surface area contributed by atoms with Crippen molar-refractivity contribution in [2.24, 2.45) is 0 Å². The number of thioether (sulfide) groups is 1. The molecule has 0 bridgehead atoms. The summed E-state index contributed by atoms with van der Waals surface area (Å²) < 4.78 is 267. The van der Waals surface area contributed by atoms with Crippen molar-refractivity contribution in [3.05, 3.63) is 135 Å². The van der Waals surface area contributed by atoms with E-state index in [1.807, 2.05) is 0 Å². The van der Waals surface area contributed by atoms with E-state index in [0.29, 0.717) is 28.5 Å². The Morgan fingerprint density at radius 2 is 1.75 bits per heavy atom. The first-order valence-corrected chi connectivity index (χ1v) is 16.2. The van der Waals surface area contributed by atoms with Crippen LogP contribution in [-0.4, -0.2) is 59.4 Å². The summed E-state index contributed by atoms with van der Waals surface area (Å²) in [7, 11) is -3.89. The van der Waals surface area contributed by atoms with Crippen molar-refractivity contribution in [1.82, 2.24) is 14.4 Å². The second-order valence-corrected chi connectivity index (χ2v) is 12.0. The van der Waals surface area contributed by atoms with Crippen LogP contribution in [0.25, 0.3) is 22.0 Å². The molecule has 6 rings (SSSR count). The number of halogens is 5.